The molecule has 4 N–H and O–H groups in total. The Labute approximate surface area is 248 Å². The molecule has 210 valence electrons. The van der Waals surface area contributed by atoms with Gasteiger partial charge < -0.3 is 16.1 Å². The summed E-state index contributed by atoms with van der Waals surface area (Å²) in [4.78, 5) is 4.50. The second kappa shape index (κ2) is 12.0. The van der Waals surface area contributed by atoms with Gasteiger partial charge in [-0.15, -0.1) is 5.53 Å². The minimum Gasteiger partial charge on any atom is -0.377 e. The number of benzene rings is 3. The van der Waals surface area contributed by atoms with Gasteiger partial charge in [-0.3, -0.25) is 9.99 Å². The number of hydrogen-bond acceptors (Lipinski definition) is 8. The smallest absolute Gasteiger partial charge is 0.123 e. The predicted molar refractivity (Wildman–Crippen MR) is 161 cm³/mol. The van der Waals surface area contributed by atoms with Crippen LogP contribution < -0.4 is 21.6 Å². The van der Waals surface area contributed by atoms with E-state index in [1.54, 1.807) is 18.2 Å². The average Bonchev–Trinajstić information content (AvgIpc) is 3.75. The Morgan fingerprint density at radius 2 is 1.83 bits per heavy atom. The van der Waals surface area contributed by atoms with Gasteiger partial charge in [-0.25, -0.2) is 4.39 Å². The first-order valence-corrected chi connectivity index (χ1v) is 14.2. The van der Waals surface area contributed by atoms with E-state index < -0.39 is 0 Å². The summed E-state index contributed by atoms with van der Waals surface area (Å²) in [5.74, 6) is -0.312. The van der Waals surface area contributed by atoms with E-state index in [0.29, 0.717) is 51.7 Å². The number of halogens is 2. The largest absolute Gasteiger partial charge is 0.377 e. The Morgan fingerprint density at radius 1 is 1.05 bits per heavy atom. The molecule has 1 saturated carbocycles. The van der Waals surface area contributed by atoms with Gasteiger partial charge in [0.1, 0.15) is 11.9 Å². The number of fused-ring (bicyclic) bond motifs is 1. The van der Waals surface area contributed by atoms with Crippen molar-refractivity contribution in [3.8, 4) is 12.1 Å². The lowest BCUT2D eigenvalue weighted by Gasteiger charge is -2.24. The fourth-order valence-electron chi connectivity index (χ4n) is 5.18. The molecule has 2 aliphatic rings. The van der Waals surface area contributed by atoms with Gasteiger partial charge in [0.2, 0.25) is 0 Å². The molecule has 2 atom stereocenters. The molecule has 0 radical (unpaired) electrons. The van der Waals surface area contributed by atoms with E-state index in [-0.39, 0.29) is 17.9 Å². The minimum absolute atomic E-state index is 0.210. The SMILES string of the molecule is N#CCC[C@H](Nc1c(C#N)cnc2c(Cl)cc(NC(C3=CN(C4CC4)NN3)c3ccc(F)cc3)cc12)c1ccccc1. The molecule has 1 aliphatic heterocycles. The van der Waals surface area contributed by atoms with Crippen LogP contribution in [-0.4, -0.2) is 16.0 Å². The number of hydrogen-bond donors (Lipinski definition) is 4. The zero-order chi connectivity index (χ0) is 29.1. The Balaban J connectivity index is 1.41. The monoisotopic (exact) mass is 578 g/mol. The van der Waals surface area contributed by atoms with Crippen molar-refractivity contribution in [1.29, 1.82) is 10.5 Å². The van der Waals surface area contributed by atoms with Gasteiger partial charge in [-0.05, 0) is 54.7 Å². The van der Waals surface area contributed by atoms with Gasteiger partial charge in [-0.1, -0.05) is 54.1 Å². The van der Waals surface area contributed by atoms with Crippen molar-refractivity contribution >= 4 is 33.9 Å². The first-order chi connectivity index (χ1) is 20.5. The topological polar surface area (TPSA) is 112 Å². The van der Waals surface area contributed by atoms with Crippen molar-refractivity contribution in [2.24, 2.45) is 0 Å². The van der Waals surface area contributed by atoms with E-state index in [2.05, 4.69) is 43.7 Å². The summed E-state index contributed by atoms with van der Waals surface area (Å²) in [6.07, 6.45) is 6.69. The Kier molecular flexibility index (Phi) is 7.78. The maximum atomic E-state index is 13.8. The molecule has 0 saturated heterocycles. The number of pyridine rings is 1. The van der Waals surface area contributed by atoms with Crippen LogP contribution in [0.25, 0.3) is 10.9 Å². The quantitative estimate of drug-likeness (QED) is 0.162. The number of nitrogens with one attached hydrogen (secondary N) is 4. The lowest BCUT2D eigenvalue weighted by atomic mass is 10.00. The van der Waals surface area contributed by atoms with Gasteiger partial charge in [-0.2, -0.15) is 10.5 Å². The molecule has 3 aromatic carbocycles. The van der Waals surface area contributed by atoms with Crippen molar-refractivity contribution in [3.05, 3.63) is 112 Å². The summed E-state index contributed by atoms with van der Waals surface area (Å²) in [6.45, 7) is 0. The normalized spacial score (nSPS) is 15.7. The number of rotatable bonds is 10. The second-order valence-electron chi connectivity index (χ2n) is 10.4. The first kappa shape index (κ1) is 27.3. The third kappa shape index (κ3) is 5.80. The van der Waals surface area contributed by atoms with Gasteiger partial charge in [0.15, 0.2) is 0 Å². The molecule has 2 heterocycles. The third-order valence-corrected chi connectivity index (χ3v) is 7.77. The van der Waals surface area contributed by atoms with E-state index in [9.17, 15) is 14.9 Å². The summed E-state index contributed by atoms with van der Waals surface area (Å²) in [7, 11) is 0. The standard InChI is InChI=1S/C32H28ClFN8/c33-27-16-24(38-31(21-8-10-23(34)11-9-21)29-19-42(41-40-29)25-12-13-25)15-26-30(22(17-36)18-37-32(26)27)39-28(7-4-14-35)20-5-2-1-3-6-20/h1-3,5-6,8-11,15-16,18-19,25,28,31,38,40-41H,4,7,12-13H2,(H,37,39)/t28-,31?/m0/s1. The van der Waals surface area contributed by atoms with E-state index in [4.69, 9.17) is 11.6 Å². The Hall–Kier alpha value is -4.83. The van der Waals surface area contributed by atoms with Gasteiger partial charge in [0.05, 0.1) is 45.6 Å². The molecule has 10 heteroatoms. The van der Waals surface area contributed by atoms with Crippen LogP contribution in [0.5, 0.6) is 0 Å². The lowest BCUT2D eigenvalue weighted by Crippen LogP contribution is -2.38. The van der Waals surface area contributed by atoms with E-state index in [0.717, 1.165) is 29.7 Å². The Bertz CT molecular complexity index is 1710. The van der Waals surface area contributed by atoms with Crippen molar-refractivity contribution < 1.29 is 4.39 Å². The average molecular weight is 579 g/mol. The van der Waals surface area contributed by atoms with Gasteiger partial charge >= 0.3 is 0 Å². The van der Waals surface area contributed by atoms with Gasteiger partial charge in [0, 0.05) is 35.9 Å². The van der Waals surface area contributed by atoms with Crippen molar-refractivity contribution in [1.82, 2.24) is 21.0 Å². The molecule has 0 spiro atoms. The minimum atomic E-state index is -0.355. The molecule has 6 rings (SSSR count). The molecule has 1 aliphatic carbocycles. The lowest BCUT2D eigenvalue weighted by molar-refractivity contribution is 0.260. The molecule has 8 nitrogen and oxygen atoms in total. The predicted octanol–water partition coefficient (Wildman–Crippen LogP) is 6.84. The number of anilines is 2. The zero-order valence-corrected chi connectivity index (χ0v) is 23.4. The number of aromatic nitrogens is 1. The molecule has 4 aromatic rings. The summed E-state index contributed by atoms with van der Waals surface area (Å²) in [5, 5.41) is 29.6. The first-order valence-electron chi connectivity index (χ1n) is 13.8. The number of hydrazine groups is 2. The summed E-state index contributed by atoms with van der Waals surface area (Å²) < 4.78 is 13.8. The number of nitriles is 2. The molecule has 42 heavy (non-hydrogen) atoms. The molecule has 0 bridgehead atoms. The fraction of sp³-hybridized carbons (Fsp3) is 0.219. The van der Waals surface area contributed by atoms with Crippen LogP contribution in [0.1, 0.15) is 54.5 Å². The molecule has 1 unspecified atom stereocenters. The third-order valence-electron chi connectivity index (χ3n) is 7.48. The summed E-state index contributed by atoms with van der Waals surface area (Å²) in [6, 6.07) is 24.3. The highest BCUT2D eigenvalue weighted by Crippen LogP contribution is 2.38. The fourth-order valence-corrected chi connectivity index (χ4v) is 5.44. The molecule has 0 amide bonds. The van der Waals surface area contributed by atoms with Crippen molar-refractivity contribution in [2.45, 2.75) is 43.8 Å². The molecule has 1 aromatic heterocycles. The maximum Gasteiger partial charge on any atom is 0.123 e. The van der Waals surface area contributed by atoms with Crippen molar-refractivity contribution in [3.63, 3.8) is 0 Å². The van der Waals surface area contributed by atoms with Crippen LogP contribution >= 0.6 is 11.6 Å². The van der Waals surface area contributed by atoms with Crippen LogP contribution in [0, 0.1) is 28.5 Å². The highest BCUT2D eigenvalue weighted by molar-refractivity contribution is 6.35. The highest BCUT2D eigenvalue weighted by Gasteiger charge is 2.32. The highest BCUT2D eigenvalue weighted by atomic mass is 35.5. The van der Waals surface area contributed by atoms with Crippen LogP contribution in [0.3, 0.4) is 0 Å². The second-order valence-corrected chi connectivity index (χ2v) is 10.8. The summed E-state index contributed by atoms with van der Waals surface area (Å²) >= 11 is 6.79. The number of nitrogens with zero attached hydrogens (tertiary/aromatic N) is 4. The van der Waals surface area contributed by atoms with E-state index in [1.165, 1.54) is 18.3 Å². The van der Waals surface area contributed by atoms with Crippen LogP contribution in [0.4, 0.5) is 15.8 Å². The molecular weight excluding hydrogens is 551 g/mol. The molecule has 1 fully saturated rings. The summed E-state index contributed by atoms with van der Waals surface area (Å²) in [5.41, 5.74) is 11.4. The van der Waals surface area contributed by atoms with Crippen LogP contribution in [0.2, 0.25) is 5.02 Å². The van der Waals surface area contributed by atoms with Crippen LogP contribution in [0.15, 0.2) is 84.8 Å². The maximum absolute atomic E-state index is 13.8. The van der Waals surface area contributed by atoms with Crippen LogP contribution in [-0.2, 0) is 0 Å². The molecular formula is C32H28ClFN8. The van der Waals surface area contributed by atoms with Crippen molar-refractivity contribution in [2.75, 3.05) is 10.6 Å². The van der Waals surface area contributed by atoms with Gasteiger partial charge in [0.25, 0.3) is 0 Å². The Morgan fingerprint density at radius 3 is 2.55 bits per heavy atom. The zero-order valence-electron chi connectivity index (χ0n) is 22.6. The van der Waals surface area contributed by atoms with E-state index in [1.807, 2.05) is 42.6 Å². The van der Waals surface area contributed by atoms with E-state index >= 15 is 0 Å².